The molecule has 3 aromatic rings. The largest absolute Gasteiger partial charge is 0.416 e. The molecular weight excluding hydrogens is 440 g/mol. The number of amides is 1. The molecule has 1 aliphatic heterocycles. The summed E-state index contributed by atoms with van der Waals surface area (Å²) in [5, 5.41) is 6.44. The second-order valence-electron chi connectivity index (χ2n) is 7.84. The van der Waals surface area contributed by atoms with Gasteiger partial charge >= 0.3 is 6.18 Å². The number of nitrogens with one attached hydrogen (secondary N) is 1. The van der Waals surface area contributed by atoms with Gasteiger partial charge in [0.15, 0.2) is 0 Å². The maximum Gasteiger partial charge on any atom is 0.416 e. The summed E-state index contributed by atoms with van der Waals surface area (Å²) >= 11 is 0. The molecule has 0 saturated carbocycles. The molecule has 0 unspecified atom stereocenters. The second kappa shape index (κ2) is 9.60. The average molecular weight is 462 g/mol. The standard InChI is InChI=1S/C23H22F4N4O2/c24-17-7-4-15(5-8-17)22-29-21(33-30-22)11-10-20(32)28-18-14-16(23(25,26)27)6-9-19(18)31-12-2-1-3-13-31/h4-9,14H,1-3,10-13H2,(H,28,32). The van der Waals surface area contributed by atoms with Crippen LogP contribution in [0.4, 0.5) is 28.9 Å². The van der Waals surface area contributed by atoms with Gasteiger partial charge < -0.3 is 14.7 Å². The Morgan fingerprint density at radius 3 is 2.48 bits per heavy atom. The number of piperidine rings is 1. The number of anilines is 2. The van der Waals surface area contributed by atoms with Crippen LogP contribution in [0.3, 0.4) is 0 Å². The molecule has 2 aromatic carbocycles. The van der Waals surface area contributed by atoms with Gasteiger partial charge in [0, 0.05) is 31.5 Å². The first-order valence-electron chi connectivity index (χ1n) is 10.6. The van der Waals surface area contributed by atoms with E-state index in [-0.39, 0.29) is 30.2 Å². The summed E-state index contributed by atoms with van der Waals surface area (Å²) in [6.45, 7) is 1.45. The van der Waals surface area contributed by atoms with E-state index < -0.39 is 23.5 Å². The van der Waals surface area contributed by atoms with Crippen molar-refractivity contribution >= 4 is 17.3 Å². The van der Waals surface area contributed by atoms with Gasteiger partial charge in [0.25, 0.3) is 0 Å². The predicted molar refractivity (Wildman–Crippen MR) is 114 cm³/mol. The first-order chi connectivity index (χ1) is 15.8. The number of aryl methyl sites for hydroxylation is 1. The number of rotatable bonds is 6. The van der Waals surface area contributed by atoms with Gasteiger partial charge in [-0.25, -0.2) is 4.39 Å². The molecule has 1 aliphatic rings. The molecular formula is C23H22F4N4O2. The van der Waals surface area contributed by atoms with Crippen LogP contribution in [-0.4, -0.2) is 29.1 Å². The highest BCUT2D eigenvalue weighted by atomic mass is 19.4. The fourth-order valence-corrected chi connectivity index (χ4v) is 3.73. The normalized spacial score (nSPS) is 14.4. The van der Waals surface area contributed by atoms with Gasteiger partial charge in [-0.2, -0.15) is 18.2 Å². The second-order valence-corrected chi connectivity index (χ2v) is 7.84. The quantitative estimate of drug-likeness (QED) is 0.493. The lowest BCUT2D eigenvalue weighted by molar-refractivity contribution is -0.137. The number of nitrogens with zero attached hydrogens (tertiary/aromatic N) is 3. The molecule has 0 aliphatic carbocycles. The number of halogens is 4. The maximum atomic E-state index is 13.2. The van der Waals surface area contributed by atoms with E-state index in [2.05, 4.69) is 15.5 Å². The Kier molecular flexibility index (Phi) is 6.62. The van der Waals surface area contributed by atoms with Crippen molar-refractivity contribution in [2.75, 3.05) is 23.3 Å². The maximum absolute atomic E-state index is 13.2. The lowest BCUT2D eigenvalue weighted by Crippen LogP contribution is -2.30. The summed E-state index contributed by atoms with van der Waals surface area (Å²) < 4.78 is 57.9. The molecule has 1 amide bonds. The summed E-state index contributed by atoms with van der Waals surface area (Å²) in [6.07, 6.45) is -1.49. The number of hydrogen-bond donors (Lipinski definition) is 1. The van der Waals surface area contributed by atoms with Crippen LogP contribution in [0.15, 0.2) is 47.0 Å². The van der Waals surface area contributed by atoms with Crippen LogP contribution in [0, 0.1) is 5.82 Å². The van der Waals surface area contributed by atoms with Crippen LogP contribution >= 0.6 is 0 Å². The number of aromatic nitrogens is 2. The van der Waals surface area contributed by atoms with E-state index in [4.69, 9.17) is 4.52 Å². The van der Waals surface area contributed by atoms with Gasteiger partial charge in [-0.1, -0.05) is 5.16 Å². The van der Waals surface area contributed by atoms with E-state index in [1.807, 2.05) is 4.90 Å². The number of carbonyl (C=O) groups is 1. The van der Waals surface area contributed by atoms with Gasteiger partial charge in [0.05, 0.1) is 16.9 Å². The molecule has 174 valence electrons. The molecule has 0 atom stereocenters. The van der Waals surface area contributed by atoms with E-state index >= 15 is 0 Å². The highest BCUT2D eigenvalue weighted by Gasteiger charge is 2.32. The van der Waals surface area contributed by atoms with Gasteiger partial charge in [-0.05, 0) is 61.7 Å². The van der Waals surface area contributed by atoms with Crippen LogP contribution in [-0.2, 0) is 17.4 Å². The summed E-state index contributed by atoms with van der Waals surface area (Å²) in [5.41, 5.74) is 0.451. The molecule has 1 fully saturated rings. The average Bonchev–Trinajstić information content (AvgIpc) is 3.27. The molecule has 0 radical (unpaired) electrons. The molecule has 2 heterocycles. The molecule has 6 nitrogen and oxygen atoms in total. The first-order valence-corrected chi connectivity index (χ1v) is 10.6. The number of benzene rings is 2. The van der Waals surface area contributed by atoms with Crippen molar-refractivity contribution in [3.8, 4) is 11.4 Å². The lowest BCUT2D eigenvalue weighted by Gasteiger charge is -2.31. The summed E-state index contributed by atoms with van der Waals surface area (Å²) in [7, 11) is 0. The monoisotopic (exact) mass is 462 g/mol. The van der Waals surface area contributed by atoms with E-state index in [0.717, 1.165) is 44.5 Å². The number of alkyl halides is 3. The molecule has 10 heteroatoms. The van der Waals surface area contributed by atoms with Gasteiger partial charge in [-0.15, -0.1) is 0 Å². The minimum Gasteiger partial charge on any atom is -0.370 e. The Bertz CT molecular complexity index is 1110. The third kappa shape index (κ3) is 5.68. The van der Waals surface area contributed by atoms with Gasteiger partial charge in [0.1, 0.15) is 5.82 Å². The first kappa shape index (κ1) is 22.8. The van der Waals surface area contributed by atoms with Gasteiger partial charge in [0.2, 0.25) is 17.6 Å². The van der Waals surface area contributed by atoms with Crippen molar-refractivity contribution < 1.29 is 26.9 Å². The fraction of sp³-hybridized carbons (Fsp3) is 0.348. The van der Waals surface area contributed by atoms with Crippen molar-refractivity contribution in [3.63, 3.8) is 0 Å². The Balaban J connectivity index is 1.44. The highest BCUT2D eigenvalue weighted by Crippen LogP contribution is 2.36. The van der Waals surface area contributed by atoms with E-state index in [1.54, 1.807) is 0 Å². The fourth-order valence-electron chi connectivity index (χ4n) is 3.73. The summed E-state index contributed by atoms with van der Waals surface area (Å²) in [4.78, 5) is 18.7. The Labute approximate surface area is 187 Å². The zero-order chi connectivity index (χ0) is 23.4. The minimum absolute atomic E-state index is 0.0548. The smallest absolute Gasteiger partial charge is 0.370 e. The van der Waals surface area contributed by atoms with E-state index in [9.17, 15) is 22.4 Å². The number of hydrogen-bond acceptors (Lipinski definition) is 5. The molecule has 33 heavy (non-hydrogen) atoms. The predicted octanol–water partition coefficient (Wildman–Crippen LogP) is 5.46. The van der Waals surface area contributed by atoms with E-state index in [1.165, 1.54) is 30.3 Å². The van der Waals surface area contributed by atoms with E-state index in [0.29, 0.717) is 11.3 Å². The highest BCUT2D eigenvalue weighted by molar-refractivity contribution is 5.94. The summed E-state index contributed by atoms with van der Waals surface area (Å²) in [5.74, 6) is -0.396. The van der Waals surface area contributed by atoms with Crippen molar-refractivity contribution in [2.24, 2.45) is 0 Å². The van der Waals surface area contributed by atoms with Crippen LogP contribution < -0.4 is 10.2 Å². The molecule has 0 bridgehead atoms. The lowest BCUT2D eigenvalue weighted by atomic mass is 10.1. The SMILES string of the molecule is O=C(CCc1nc(-c2ccc(F)cc2)no1)Nc1cc(C(F)(F)F)ccc1N1CCCCC1. The molecule has 1 saturated heterocycles. The van der Waals surface area contributed by atoms with Crippen molar-refractivity contribution in [1.29, 1.82) is 0 Å². The van der Waals surface area contributed by atoms with Crippen LogP contribution in [0.25, 0.3) is 11.4 Å². The molecule has 4 rings (SSSR count). The van der Waals surface area contributed by atoms with Crippen molar-refractivity contribution in [2.45, 2.75) is 38.3 Å². The third-order valence-electron chi connectivity index (χ3n) is 5.43. The van der Waals surface area contributed by atoms with Crippen LogP contribution in [0.5, 0.6) is 0 Å². The van der Waals surface area contributed by atoms with Crippen LogP contribution in [0.1, 0.15) is 37.1 Å². The topological polar surface area (TPSA) is 71.3 Å². The zero-order valence-electron chi connectivity index (χ0n) is 17.7. The van der Waals surface area contributed by atoms with Crippen LogP contribution in [0.2, 0.25) is 0 Å². The minimum atomic E-state index is -4.51. The zero-order valence-corrected chi connectivity index (χ0v) is 17.7. The van der Waals surface area contributed by atoms with Gasteiger partial charge in [-0.3, -0.25) is 4.79 Å². The molecule has 1 N–H and O–H groups in total. The Morgan fingerprint density at radius 2 is 1.79 bits per heavy atom. The summed E-state index contributed by atoms with van der Waals surface area (Å²) in [6, 6.07) is 8.98. The Hall–Kier alpha value is -3.43. The van der Waals surface area contributed by atoms with Crippen molar-refractivity contribution in [1.82, 2.24) is 10.1 Å². The Morgan fingerprint density at radius 1 is 1.06 bits per heavy atom. The molecule has 1 aromatic heterocycles. The molecule has 0 spiro atoms. The number of carbonyl (C=O) groups excluding carboxylic acids is 1. The van der Waals surface area contributed by atoms with Crippen molar-refractivity contribution in [3.05, 3.63) is 59.7 Å². The third-order valence-corrected chi connectivity index (χ3v) is 5.43.